The van der Waals surface area contributed by atoms with Gasteiger partial charge in [0.2, 0.25) is 0 Å². The van der Waals surface area contributed by atoms with E-state index >= 15 is 0 Å². The van der Waals surface area contributed by atoms with E-state index in [0.717, 1.165) is 6.07 Å². The number of aromatic nitrogens is 2. The fourth-order valence-electron chi connectivity index (χ4n) is 1.69. The van der Waals surface area contributed by atoms with E-state index in [1.54, 1.807) is 0 Å². The van der Waals surface area contributed by atoms with Crippen molar-refractivity contribution in [3.63, 3.8) is 0 Å². The lowest BCUT2D eigenvalue weighted by molar-refractivity contribution is -0.138. The van der Waals surface area contributed by atoms with Crippen molar-refractivity contribution in [2.45, 2.75) is 12.7 Å². The zero-order valence-corrected chi connectivity index (χ0v) is 10.2. The van der Waals surface area contributed by atoms with E-state index in [2.05, 4.69) is 15.5 Å². The highest BCUT2D eigenvalue weighted by Gasteiger charge is 2.32. The van der Waals surface area contributed by atoms with Crippen molar-refractivity contribution in [3.05, 3.63) is 47.3 Å². The van der Waals surface area contributed by atoms with Crippen molar-refractivity contribution >= 4 is 11.6 Å². The lowest BCUT2D eigenvalue weighted by atomic mass is 10.1. The number of nitrogen functional groups attached to an aromatic ring is 1. The molecule has 0 atom stereocenters. The number of carbonyl (C=O) groups is 1. The summed E-state index contributed by atoms with van der Waals surface area (Å²) in [6.45, 7) is -0.257. The Morgan fingerprint density at radius 3 is 2.65 bits per heavy atom. The van der Waals surface area contributed by atoms with E-state index in [1.807, 2.05) is 0 Å². The van der Waals surface area contributed by atoms with Crippen LogP contribution in [-0.2, 0) is 12.7 Å². The van der Waals surface area contributed by atoms with Crippen LogP contribution in [0.3, 0.4) is 0 Å². The van der Waals surface area contributed by atoms with Crippen LogP contribution in [0.5, 0.6) is 0 Å². The molecule has 0 aliphatic carbocycles. The van der Waals surface area contributed by atoms with E-state index in [-0.39, 0.29) is 23.5 Å². The summed E-state index contributed by atoms with van der Waals surface area (Å²) in [5.74, 6) is -0.614. The Morgan fingerprint density at radius 2 is 2.05 bits per heavy atom. The summed E-state index contributed by atoms with van der Waals surface area (Å²) in [6, 6.07) is 5.04. The van der Waals surface area contributed by atoms with Crippen LogP contribution >= 0.6 is 0 Å². The number of halogens is 3. The normalized spacial score (nSPS) is 11.3. The molecule has 1 aromatic carbocycles. The average Bonchev–Trinajstić information content (AvgIpc) is 2.81. The third-order valence-electron chi connectivity index (χ3n) is 2.66. The number of nitrogens with two attached hydrogens (primary N) is 1. The topological polar surface area (TPSA) is 83.8 Å². The first kappa shape index (κ1) is 13.9. The van der Waals surface area contributed by atoms with Crippen LogP contribution < -0.4 is 11.1 Å². The number of carbonyl (C=O) groups excluding carboxylic acids is 1. The number of alkyl halides is 3. The van der Waals surface area contributed by atoms with Gasteiger partial charge in [-0.25, -0.2) is 0 Å². The van der Waals surface area contributed by atoms with E-state index in [9.17, 15) is 18.0 Å². The second-order valence-electron chi connectivity index (χ2n) is 4.04. The van der Waals surface area contributed by atoms with Gasteiger partial charge in [0.25, 0.3) is 5.91 Å². The number of H-pyrrole nitrogens is 1. The lowest BCUT2D eigenvalue weighted by Crippen LogP contribution is -2.25. The van der Waals surface area contributed by atoms with Crippen LogP contribution in [0.25, 0.3) is 0 Å². The Kier molecular flexibility index (Phi) is 3.64. The smallest absolute Gasteiger partial charge is 0.396 e. The minimum atomic E-state index is -4.46. The second-order valence-corrected chi connectivity index (χ2v) is 4.04. The summed E-state index contributed by atoms with van der Waals surface area (Å²) >= 11 is 0. The first-order chi connectivity index (χ1) is 9.39. The van der Waals surface area contributed by atoms with Gasteiger partial charge in [0.05, 0.1) is 17.4 Å². The first-order valence-electron chi connectivity index (χ1n) is 5.61. The average molecular weight is 284 g/mol. The molecule has 1 heterocycles. The second kappa shape index (κ2) is 5.24. The van der Waals surface area contributed by atoms with Gasteiger partial charge in [-0.2, -0.15) is 18.3 Å². The van der Waals surface area contributed by atoms with Crippen LogP contribution in [0.15, 0.2) is 30.5 Å². The number of hydrogen-bond acceptors (Lipinski definition) is 3. The Balaban J connectivity index is 2.12. The molecule has 4 N–H and O–H groups in total. The number of amides is 1. The fraction of sp³-hybridized carbons (Fsp3) is 0.167. The van der Waals surface area contributed by atoms with E-state index in [0.29, 0.717) is 0 Å². The summed E-state index contributed by atoms with van der Waals surface area (Å²) in [4.78, 5) is 11.7. The zero-order valence-electron chi connectivity index (χ0n) is 10.2. The van der Waals surface area contributed by atoms with Gasteiger partial charge in [-0.15, -0.1) is 0 Å². The Bertz CT molecular complexity index is 621. The molecule has 0 unspecified atom stereocenters. The quantitative estimate of drug-likeness (QED) is 0.805. The van der Waals surface area contributed by atoms with E-state index in [1.165, 1.54) is 24.4 Å². The number of nitrogens with one attached hydrogen (secondary N) is 2. The van der Waals surface area contributed by atoms with Crippen molar-refractivity contribution in [1.82, 2.24) is 15.5 Å². The molecular formula is C12H11F3N4O. The van der Waals surface area contributed by atoms with E-state index in [4.69, 9.17) is 5.73 Å². The number of benzene rings is 1. The highest BCUT2D eigenvalue weighted by atomic mass is 19.4. The molecule has 2 rings (SSSR count). The molecule has 0 bridgehead atoms. The molecular weight excluding hydrogens is 273 g/mol. The predicted molar refractivity (Wildman–Crippen MR) is 65.6 cm³/mol. The largest absolute Gasteiger partial charge is 0.416 e. The summed E-state index contributed by atoms with van der Waals surface area (Å²) in [7, 11) is 0. The van der Waals surface area contributed by atoms with Gasteiger partial charge in [-0.3, -0.25) is 9.89 Å². The van der Waals surface area contributed by atoms with Crippen LogP contribution in [0.2, 0.25) is 0 Å². The zero-order chi connectivity index (χ0) is 14.8. The summed E-state index contributed by atoms with van der Waals surface area (Å²) in [6.07, 6.45) is -3.22. The Labute approximate surface area is 112 Å². The number of hydrogen-bond donors (Lipinski definition) is 3. The number of nitrogens with zero attached hydrogens (tertiary/aromatic N) is 1. The van der Waals surface area contributed by atoms with Gasteiger partial charge < -0.3 is 11.1 Å². The molecule has 0 saturated heterocycles. The van der Waals surface area contributed by atoms with Crippen LogP contribution in [0.4, 0.5) is 18.9 Å². The van der Waals surface area contributed by atoms with Gasteiger partial charge in [-0.1, -0.05) is 18.2 Å². The number of aromatic amines is 1. The molecule has 8 heteroatoms. The molecule has 0 saturated carbocycles. The lowest BCUT2D eigenvalue weighted by Gasteiger charge is -2.13. The maximum Gasteiger partial charge on any atom is 0.416 e. The summed E-state index contributed by atoms with van der Waals surface area (Å²) in [5, 5.41) is 8.31. The van der Waals surface area contributed by atoms with Crippen molar-refractivity contribution in [2.75, 3.05) is 5.73 Å². The highest BCUT2D eigenvalue weighted by Crippen LogP contribution is 2.31. The molecule has 0 aliphatic heterocycles. The van der Waals surface area contributed by atoms with E-state index < -0.39 is 17.6 Å². The van der Waals surface area contributed by atoms with Crippen LogP contribution in [0.1, 0.15) is 21.6 Å². The van der Waals surface area contributed by atoms with Crippen LogP contribution in [-0.4, -0.2) is 16.1 Å². The van der Waals surface area contributed by atoms with Crippen molar-refractivity contribution < 1.29 is 18.0 Å². The maximum atomic E-state index is 12.8. The molecule has 2 aromatic rings. The molecule has 1 amide bonds. The van der Waals surface area contributed by atoms with Crippen molar-refractivity contribution in [2.24, 2.45) is 0 Å². The molecule has 106 valence electrons. The fourth-order valence-corrected chi connectivity index (χ4v) is 1.69. The minimum Gasteiger partial charge on any atom is -0.396 e. The third kappa shape index (κ3) is 2.90. The van der Waals surface area contributed by atoms with Gasteiger partial charge in [0.15, 0.2) is 0 Å². The molecule has 1 aromatic heterocycles. The van der Waals surface area contributed by atoms with Crippen molar-refractivity contribution in [3.8, 4) is 0 Å². The SMILES string of the molecule is Nc1cn[nH]c1C(=O)NCc1ccccc1C(F)(F)F. The standard InChI is InChI=1S/C12H11F3N4O/c13-12(14,15)8-4-2-1-3-7(8)5-17-11(20)10-9(16)6-18-19-10/h1-4,6H,5,16H2,(H,17,20)(H,18,19). The molecule has 0 aliphatic rings. The third-order valence-corrected chi connectivity index (χ3v) is 2.66. The maximum absolute atomic E-state index is 12.8. The number of anilines is 1. The van der Waals surface area contributed by atoms with Gasteiger partial charge in [0, 0.05) is 6.54 Å². The van der Waals surface area contributed by atoms with Gasteiger partial charge >= 0.3 is 6.18 Å². The Hall–Kier alpha value is -2.51. The predicted octanol–water partition coefficient (Wildman–Crippen LogP) is 1.94. The van der Waals surface area contributed by atoms with Crippen molar-refractivity contribution in [1.29, 1.82) is 0 Å². The molecule has 0 radical (unpaired) electrons. The molecule has 5 nitrogen and oxygen atoms in total. The molecule has 0 spiro atoms. The Morgan fingerprint density at radius 1 is 1.35 bits per heavy atom. The van der Waals surface area contributed by atoms with Gasteiger partial charge in [-0.05, 0) is 11.6 Å². The summed E-state index contributed by atoms with van der Waals surface area (Å²) in [5.41, 5.74) is 4.83. The van der Waals surface area contributed by atoms with Gasteiger partial charge in [0.1, 0.15) is 5.69 Å². The number of rotatable bonds is 3. The monoisotopic (exact) mass is 284 g/mol. The van der Waals surface area contributed by atoms with Crippen LogP contribution in [0, 0.1) is 0 Å². The molecule has 0 fully saturated rings. The summed E-state index contributed by atoms with van der Waals surface area (Å²) < 4.78 is 38.3. The first-order valence-corrected chi connectivity index (χ1v) is 5.61. The highest BCUT2D eigenvalue weighted by molar-refractivity contribution is 5.96. The minimum absolute atomic E-state index is 0.0218. The molecule has 20 heavy (non-hydrogen) atoms.